The summed E-state index contributed by atoms with van der Waals surface area (Å²) in [5.74, 6) is -2.23. The van der Waals surface area contributed by atoms with Gasteiger partial charge in [0.1, 0.15) is 24.3 Å². The molecule has 2 aromatic carbocycles. The Labute approximate surface area is 277 Å². The van der Waals surface area contributed by atoms with E-state index in [0.717, 1.165) is 12.2 Å². The molecule has 0 aromatic heterocycles. The first-order valence-corrected chi connectivity index (χ1v) is 16.2. The number of hydrogen-bond donors (Lipinski definition) is 3. The minimum atomic E-state index is -4.56. The van der Waals surface area contributed by atoms with Crippen LogP contribution in [0.3, 0.4) is 0 Å². The van der Waals surface area contributed by atoms with Gasteiger partial charge in [0.2, 0.25) is 5.91 Å². The minimum Gasteiger partial charge on any atom is -0.444 e. The molecule has 5 aliphatic rings. The standard InChI is InChI=1S/C35H34F7N3O4/c36-22-7-4-19(5-8-22)29(20-6-9-25(38)26(39)12-20)32(10-11-32)30(46)45-27-3-1-2-24(37)23(27)13-21-14-34(21)16-44-33(18-48-34)15-28(33)49-31(47)43-17-35(40,41)42/h1-9,12,21,25-26,28-29,44H,10-11,13-18H2,(H,43,47)(H,45,46)/t21?,25?,26?,28?,29-,33?,34?/m1/s1. The molecular weight excluding hydrogens is 659 g/mol. The first kappa shape index (κ1) is 33.6. The lowest BCUT2D eigenvalue weighted by Crippen LogP contribution is -2.53. The topological polar surface area (TPSA) is 88.7 Å². The molecule has 14 heteroatoms. The molecule has 1 heterocycles. The highest BCUT2D eigenvalue weighted by Gasteiger charge is 2.66. The Morgan fingerprint density at radius 2 is 1.80 bits per heavy atom. The monoisotopic (exact) mass is 693 g/mol. The lowest BCUT2D eigenvalue weighted by molar-refractivity contribution is -0.124. The highest BCUT2D eigenvalue weighted by Crippen LogP contribution is 2.60. The predicted molar refractivity (Wildman–Crippen MR) is 163 cm³/mol. The van der Waals surface area contributed by atoms with Gasteiger partial charge in [-0.25, -0.2) is 22.4 Å². The largest absolute Gasteiger partial charge is 0.444 e. The minimum absolute atomic E-state index is 0.118. The van der Waals surface area contributed by atoms with Crippen molar-refractivity contribution < 1.29 is 49.8 Å². The third-order valence-corrected chi connectivity index (χ3v) is 10.5. The molecule has 7 nitrogen and oxygen atoms in total. The van der Waals surface area contributed by atoms with E-state index in [0.29, 0.717) is 43.4 Å². The van der Waals surface area contributed by atoms with Crippen molar-refractivity contribution in [2.75, 3.05) is 25.0 Å². The highest BCUT2D eigenvalue weighted by molar-refractivity contribution is 5.99. The summed E-state index contributed by atoms with van der Waals surface area (Å²) in [6, 6.07) is 9.93. The fourth-order valence-corrected chi connectivity index (χ4v) is 7.29. The normalized spacial score (nSPS) is 31.5. The van der Waals surface area contributed by atoms with E-state index in [2.05, 4.69) is 10.6 Å². The summed E-state index contributed by atoms with van der Waals surface area (Å²) in [7, 11) is 0. The smallest absolute Gasteiger partial charge is 0.407 e. The fraction of sp³-hybridized carbons (Fsp3) is 0.486. The van der Waals surface area contributed by atoms with E-state index in [1.807, 2.05) is 0 Å². The number of morpholine rings is 1. The van der Waals surface area contributed by atoms with Gasteiger partial charge < -0.3 is 25.4 Å². The second-order valence-electron chi connectivity index (χ2n) is 13.8. The predicted octanol–water partition coefficient (Wildman–Crippen LogP) is 6.36. The zero-order chi connectivity index (χ0) is 34.8. The Morgan fingerprint density at radius 1 is 1.04 bits per heavy atom. The molecule has 2 amide bonds. The molecule has 0 bridgehead atoms. The third-order valence-electron chi connectivity index (χ3n) is 10.5. The van der Waals surface area contributed by atoms with Crippen molar-refractivity contribution in [3.63, 3.8) is 0 Å². The van der Waals surface area contributed by atoms with Gasteiger partial charge in [-0.2, -0.15) is 13.2 Å². The number of alkyl carbamates (subject to hydrolysis) is 1. The molecule has 2 aromatic rings. The average Bonchev–Trinajstić information content (AvgIpc) is 4.00. The highest BCUT2D eigenvalue weighted by atomic mass is 19.4. The van der Waals surface area contributed by atoms with Crippen LogP contribution in [0, 0.1) is 23.0 Å². The Hall–Kier alpha value is -3.91. The van der Waals surface area contributed by atoms with Gasteiger partial charge in [-0.05, 0) is 79.2 Å². The van der Waals surface area contributed by atoms with Crippen LogP contribution in [0.4, 0.5) is 41.2 Å². The molecule has 4 aliphatic carbocycles. The molecule has 4 fully saturated rings. The number of ether oxygens (including phenoxy) is 2. The van der Waals surface area contributed by atoms with Crippen molar-refractivity contribution in [2.45, 2.75) is 73.8 Å². The van der Waals surface area contributed by atoms with Crippen molar-refractivity contribution in [2.24, 2.45) is 11.3 Å². The lowest BCUT2D eigenvalue weighted by Gasteiger charge is -2.32. The van der Waals surface area contributed by atoms with E-state index in [1.54, 1.807) is 11.4 Å². The molecule has 0 radical (unpaired) electrons. The van der Waals surface area contributed by atoms with Gasteiger partial charge in [-0.1, -0.05) is 24.3 Å². The average molecular weight is 694 g/mol. The number of carbonyl (C=O) groups is 2. The van der Waals surface area contributed by atoms with Gasteiger partial charge in [0.15, 0.2) is 12.3 Å². The third kappa shape index (κ3) is 6.69. The number of carbonyl (C=O) groups excluding carboxylic acids is 2. The van der Waals surface area contributed by atoms with Crippen LogP contribution >= 0.6 is 0 Å². The summed E-state index contributed by atoms with van der Waals surface area (Å²) in [5, 5.41) is 7.92. The Bertz CT molecular complexity index is 1680. The lowest BCUT2D eigenvalue weighted by atomic mass is 9.75. The van der Waals surface area contributed by atoms with Gasteiger partial charge in [0, 0.05) is 30.1 Å². The van der Waals surface area contributed by atoms with Crippen LogP contribution < -0.4 is 16.0 Å². The van der Waals surface area contributed by atoms with E-state index >= 15 is 4.39 Å². The molecular formula is C35H34F7N3O4. The molecule has 3 saturated carbocycles. The number of alkyl halides is 5. The van der Waals surface area contributed by atoms with Gasteiger partial charge in [-0.3, -0.25) is 4.79 Å². The maximum absolute atomic E-state index is 15.4. The number of allylic oxidation sites excluding steroid dienone is 4. The van der Waals surface area contributed by atoms with Crippen molar-refractivity contribution in [1.82, 2.24) is 10.6 Å². The van der Waals surface area contributed by atoms with Gasteiger partial charge in [-0.15, -0.1) is 0 Å². The second-order valence-corrected chi connectivity index (χ2v) is 13.8. The molecule has 7 rings (SSSR count). The zero-order valence-corrected chi connectivity index (χ0v) is 26.1. The number of benzene rings is 2. The van der Waals surface area contributed by atoms with Gasteiger partial charge >= 0.3 is 12.3 Å². The van der Waals surface area contributed by atoms with Crippen LogP contribution in [-0.2, 0) is 20.7 Å². The van der Waals surface area contributed by atoms with E-state index < -0.39 is 77.3 Å². The first-order chi connectivity index (χ1) is 23.2. The van der Waals surface area contributed by atoms with E-state index in [4.69, 9.17) is 9.47 Å². The molecule has 6 unspecified atom stereocenters. The summed E-state index contributed by atoms with van der Waals surface area (Å²) in [6.45, 7) is -0.981. The molecule has 7 atom stereocenters. The fourth-order valence-electron chi connectivity index (χ4n) is 7.29. The van der Waals surface area contributed by atoms with Crippen molar-refractivity contribution in [1.29, 1.82) is 0 Å². The summed E-state index contributed by atoms with van der Waals surface area (Å²) in [4.78, 5) is 25.8. The number of amides is 2. The summed E-state index contributed by atoms with van der Waals surface area (Å²) >= 11 is 0. The van der Waals surface area contributed by atoms with Gasteiger partial charge in [0.25, 0.3) is 0 Å². The Morgan fingerprint density at radius 3 is 2.45 bits per heavy atom. The van der Waals surface area contributed by atoms with Crippen LogP contribution in [0.5, 0.6) is 0 Å². The van der Waals surface area contributed by atoms with Crippen molar-refractivity contribution in [3.8, 4) is 0 Å². The van der Waals surface area contributed by atoms with Crippen LogP contribution in [0.1, 0.15) is 42.7 Å². The van der Waals surface area contributed by atoms with E-state index in [1.165, 1.54) is 42.5 Å². The first-order valence-electron chi connectivity index (χ1n) is 16.2. The van der Waals surface area contributed by atoms with Crippen LogP contribution in [0.25, 0.3) is 0 Å². The number of rotatable bonds is 9. The number of halogens is 7. The number of nitrogens with one attached hydrogen (secondary N) is 3. The number of anilines is 1. The number of hydrogen-bond acceptors (Lipinski definition) is 5. The summed E-state index contributed by atoms with van der Waals surface area (Å²) in [6.07, 6.45) is -4.29. The van der Waals surface area contributed by atoms with E-state index in [9.17, 15) is 35.9 Å². The second kappa shape index (κ2) is 12.1. The van der Waals surface area contributed by atoms with Crippen molar-refractivity contribution in [3.05, 3.63) is 89.0 Å². The maximum atomic E-state index is 15.4. The molecule has 262 valence electrons. The molecule has 1 aliphatic heterocycles. The SMILES string of the molecule is O=C(NCC(F)(F)F)OC1CC12COC1(CN2)CC1Cc1c(F)cccc1NC(=O)C1([C@@H](C2=CC(F)C(F)C=C2)c2ccc(F)cc2)CC1. The quantitative estimate of drug-likeness (QED) is 0.266. The summed E-state index contributed by atoms with van der Waals surface area (Å²) in [5.41, 5.74) is -0.839. The van der Waals surface area contributed by atoms with Crippen LogP contribution in [0.2, 0.25) is 0 Å². The van der Waals surface area contributed by atoms with Crippen LogP contribution in [0.15, 0.2) is 66.3 Å². The zero-order valence-electron chi connectivity index (χ0n) is 26.1. The molecule has 3 N–H and O–H groups in total. The molecule has 2 spiro atoms. The van der Waals surface area contributed by atoms with E-state index in [-0.39, 0.29) is 30.2 Å². The van der Waals surface area contributed by atoms with Crippen molar-refractivity contribution >= 4 is 17.7 Å². The Balaban J connectivity index is 1.02. The maximum Gasteiger partial charge on any atom is 0.407 e. The van der Waals surface area contributed by atoms with Gasteiger partial charge in [0.05, 0.1) is 23.2 Å². The molecule has 49 heavy (non-hydrogen) atoms. The summed E-state index contributed by atoms with van der Waals surface area (Å²) < 4.78 is 106. The molecule has 1 saturated heterocycles. The van der Waals surface area contributed by atoms with Crippen LogP contribution in [-0.4, -0.2) is 67.5 Å². The Kier molecular flexibility index (Phi) is 8.33.